The predicted molar refractivity (Wildman–Crippen MR) is 145 cm³/mol. The lowest BCUT2D eigenvalue weighted by Crippen LogP contribution is -2.43. The van der Waals surface area contributed by atoms with Crippen LogP contribution in [0.2, 0.25) is 0 Å². The molecule has 0 fully saturated rings. The number of carbonyl (C=O) groups is 3. The van der Waals surface area contributed by atoms with Crippen molar-refractivity contribution in [1.82, 2.24) is 10.6 Å². The maximum atomic E-state index is 12.7. The molecule has 2 atom stereocenters. The topological polar surface area (TPSA) is 118 Å². The average Bonchev–Trinajstić information content (AvgIpc) is 2.81. The normalized spacial score (nSPS) is 14.1. The van der Waals surface area contributed by atoms with E-state index in [1.54, 1.807) is 60.7 Å². The third kappa shape index (κ3) is 8.47. The van der Waals surface area contributed by atoms with Gasteiger partial charge in [-0.3, -0.25) is 19.5 Å². The molecule has 2 unspecified atom stereocenters. The second kappa shape index (κ2) is 12.4. The molecule has 0 saturated carbocycles. The fraction of sp³-hybridized carbons (Fsp3) is 0.154. The minimum Gasteiger partial charge on any atom is -0.342 e. The summed E-state index contributed by atoms with van der Waals surface area (Å²) in [4.78, 5) is 37.6. The Hall–Kier alpha value is -3.27. The number of ketones is 1. The second-order valence-electron chi connectivity index (χ2n) is 7.72. The number of allylic oxidation sites excluding steroid dienone is 4. The minimum atomic E-state index is -2.93. The van der Waals surface area contributed by atoms with Gasteiger partial charge < -0.3 is 10.6 Å². The van der Waals surface area contributed by atoms with E-state index in [0.29, 0.717) is 27.3 Å². The number of halogens is 1. The molecular formula is C26H28BrN3O4S. The minimum absolute atomic E-state index is 0.238. The molecule has 0 aliphatic heterocycles. The highest BCUT2D eigenvalue weighted by Crippen LogP contribution is 2.26. The van der Waals surface area contributed by atoms with Crippen LogP contribution in [0.4, 0.5) is 0 Å². The summed E-state index contributed by atoms with van der Waals surface area (Å²) in [6, 6.07) is 12.5. The molecule has 7 nitrogen and oxygen atoms in total. The SMILES string of the molecule is C=C(/C=C\C(Br)=C/C)NC(=O)CC(NC(=O)c1ccc(-c2ccccc2S(=C)(N)=O)cc1)C(C)=O. The van der Waals surface area contributed by atoms with E-state index in [9.17, 15) is 18.6 Å². The number of Topliss-reactive ketones (excluding diaryl/α,β-unsaturated/α-hetero) is 1. The number of carbonyl (C=O) groups excluding carboxylic acids is 3. The Morgan fingerprint density at radius 2 is 1.74 bits per heavy atom. The Kier molecular flexibility index (Phi) is 9.94. The zero-order valence-electron chi connectivity index (χ0n) is 19.5. The molecule has 2 aromatic carbocycles. The van der Waals surface area contributed by atoms with Crippen LogP contribution in [-0.2, 0) is 19.3 Å². The number of hydrogen-bond donors (Lipinski definition) is 3. The first-order chi connectivity index (χ1) is 16.4. The summed E-state index contributed by atoms with van der Waals surface area (Å²) in [7, 11) is -2.93. The molecule has 9 heteroatoms. The van der Waals surface area contributed by atoms with Crippen LogP contribution >= 0.6 is 15.9 Å². The maximum absolute atomic E-state index is 12.7. The van der Waals surface area contributed by atoms with Crippen LogP contribution in [0.3, 0.4) is 0 Å². The summed E-state index contributed by atoms with van der Waals surface area (Å²) in [6.45, 7) is 6.90. The van der Waals surface area contributed by atoms with Crippen molar-refractivity contribution in [1.29, 1.82) is 0 Å². The highest BCUT2D eigenvalue weighted by Gasteiger charge is 2.21. The zero-order chi connectivity index (χ0) is 26.2. The summed E-state index contributed by atoms with van der Waals surface area (Å²) in [5.41, 5.74) is 2.00. The molecule has 0 bridgehead atoms. The van der Waals surface area contributed by atoms with E-state index < -0.39 is 27.6 Å². The summed E-state index contributed by atoms with van der Waals surface area (Å²) in [6.07, 6.45) is 4.92. The lowest BCUT2D eigenvalue weighted by Gasteiger charge is -2.16. The molecule has 0 aliphatic rings. The zero-order valence-corrected chi connectivity index (χ0v) is 21.9. The van der Waals surface area contributed by atoms with Crippen LogP contribution in [-0.4, -0.2) is 33.7 Å². The van der Waals surface area contributed by atoms with Gasteiger partial charge in [-0.05, 0) is 61.2 Å². The molecule has 0 heterocycles. The first-order valence-corrected chi connectivity index (χ1v) is 13.1. The van der Waals surface area contributed by atoms with E-state index in [0.717, 1.165) is 4.48 Å². The van der Waals surface area contributed by atoms with Crippen molar-refractivity contribution in [2.45, 2.75) is 31.2 Å². The number of amides is 2. The molecule has 35 heavy (non-hydrogen) atoms. The molecule has 0 saturated heterocycles. The first-order valence-electron chi connectivity index (χ1n) is 10.6. The third-order valence-electron chi connectivity index (χ3n) is 4.92. The Morgan fingerprint density at radius 3 is 2.31 bits per heavy atom. The first kappa shape index (κ1) is 28.0. The quantitative estimate of drug-likeness (QED) is 0.303. The molecule has 0 spiro atoms. The van der Waals surface area contributed by atoms with Crippen molar-refractivity contribution in [2.75, 3.05) is 0 Å². The highest BCUT2D eigenvalue weighted by molar-refractivity contribution is 9.11. The molecule has 0 aromatic heterocycles. The molecule has 2 amide bonds. The van der Waals surface area contributed by atoms with Crippen molar-refractivity contribution in [3.63, 3.8) is 0 Å². The molecule has 0 radical (unpaired) electrons. The third-order valence-corrected chi connectivity index (χ3v) is 6.75. The second-order valence-corrected chi connectivity index (χ2v) is 10.5. The number of nitrogens with two attached hydrogens (primary N) is 1. The monoisotopic (exact) mass is 557 g/mol. The number of hydrogen-bond acceptors (Lipinski definition) is 4. The standard InChI is InChI=1S/C26H28BrN3O4S/c1-5-21(27)15-10-17(2)29-25(32)16-23(18(3)31)30-26(33)20-13-11-19(12-14-20)22-8-6-7-9-24(22)35(4,28)34/h5-15,23H,2,4,16H2,1,3H3,(H2,28,34)(H,29,32)(H,30,33)/b15-10-,21-5+. The number of nitrogens with one attached hydrogen (secondary N) is 2. The van der Waals surface area contributed by atoms with Crippen molar-refractivity contribution in [3.05, 3.63) is 89.1 Å². The lowest BCUT2D eigenvalue weighted by molar-refractivity contribution is -0.125. The maximum Gasteiger partial charge on any atom is 0.251 e. The van der Waals surface area contributed by atoms with Crippen molar-refractivity contribution in [3.8, 4) is 11.1 Å². The summed E-state index contributed by atoms with van der Waals surface area (Å²) < 4.78 is 13.1. The molecule has 2 aromatic rings. The predicted octanol–water partition coefficient (Wildman–Crippen LogP) is 3.86. The Bertz CT molecular complexity index is 1300. The van der Waals surface area contributed by atoms with Gasteiger partial charge in [-0.1, -0.05) is 58.9 Å². The van der Waals surface area contributed by atoms with Gasteiger partial charge >= 0.3 is 0 Å². The van der Waals surface area contributed by atoms with Gasteiger partial charge in [0.1, 0.15) is 0 Å². The van der Waals surface area contributed by atoms with Crippen molar-refractivity contribution in [2.24, 2.45) is 5.14 Å². The fourth-order valence-corrected chi connectivity index (χ4v) is 4.08. The van der Waals surface area contributed by atoms with Crippen LogP contribution in [0, 0.1) is 0 Å². The van der Waals surface area contributed by atoms with Gasteiger partial charge in [-0.15, -0.1) is 0 Å². The van der Waals surface area contributed by atoms with Gasteiger partial charge in [0.15, 0.2) is 5.78 Å². The summed E-state index contributed by atoms with van der Waals surface area (Å²) >= 11 is 3.32. The number of benzene rings is 2. The lowest BCUT2D eigenvalue weighted by atomic mass is 10.0. The van der Waals surface area contributed by atoms with Gasteiger partial charge in [0, 0.05) is 15.7 Å². The van der Waals surface area contributed by atoms with Gasteiger partial charge in [-0.2, -0.15) is 0 Å². The van der Waals surface area contributed by atoms with Crippen LogP contribution in [0.5, 0.6) is 0 Å². The van der Waals surface area contributed by atoms with Crippen molar-refractivity contribution < 1.29 is 18.6 Å². The van der Waals surface area contributed by atoms with Crippen LogP contribution < -0.4 is 15.8 Å². The molecule has 2 rings (SSSR count). The van der Waals surface area contributed by atoms with Gasteiger partial charge in [0.2, 0.25) is 5.91 Å². The van der Waals surface area contributed by atoms with E-state index >= 15 is 0 Å². The van der Waals surface area contributed by atoms with Gasteiger partial charge in [-0.25, -0.2) is 4.21 Å². The summed E-state index contributed by atoms with van der Waals surface area (Å²) in [5, 5.41) is 10.9. The smallest absolute Gasteiger partial charge is 0.251 e. The van der Waals surface area contributed by atoms with E-state index in [4.69, 9.17) is 5.14 Å². The van der Waals surface area contributed by atoms with Crippen LogP contribution in [0.1, 0.15) is 30.6 Å². The molecule has 0 aliphatic carbocycles. The Balaban J connectivity index is 2.10. The van der Waals surface area contributed by atoms with E-state index in [1.807, 2.05) is 13.0 Å². The van der Waals surface area contributed by atoms with Crippen LogP contribution in [0.25, 0.3) is 11.1 Å². The Morgan fingerprint density at radius 1 is 1.11 bits per heavy atom. The average molecular weight is 558 g/mol. The Labute approximate surface area is 214 Å². The van der Waals surface area contributed by atoms with E-state index in [-0.39, 0.29) is 12.2 Å². The largest absolute Gasteiger partial charge is 0.342 e. The fourth-order valence-electron chi connectivity index (χ4n) is 3.08. The van der Waals surface area contributed by atoms with Gasteiger partial charge in [0.05, 0.1) is 27.1 Å². The van der Waals surface area contributed by atoms with E-state index in [1.165, 1.54) is 6.92 Å². The van der Waals surface area contributed by atoms with Crippen LogP contribution in [0.15, 0.2) is 88.4 Å². The van der Waals surface area contributed by atoms with Crippen molar-refractivity contribution >= 4 is 49.1 Å². The number of rotatable bonds is 10. The van der Waals surface area contributed by atoms with Gasteiger partial charge in [0.25, 0.3) is 5.91 Å². The molecular weight excluding hydrogens is 530 g/mol. The summed E-state index contributed by atoms with van der Waals surface area (Å²) in [5.74, 6) is 2.23. The van der Waals surface area contributed by atoms with E-state index in [2.05, 4.69) is 39.0 Å². The highest BCUT2D eigenvalue weighted by atomic mass is 79.9. The molecule has 184 valence electrons. The molecule has 4 N–H and O–H groups in total.